The van der Waals surface area contributed by atoms with Gasteiger partial charge in [0.25, 0.3) is 5.91 Å². The number of benzene rings is 3. The number of ether oxygens (including phenoxy) is 1. The summed E-state index contributed by atoms with van der Waals surface area (Å²) in [6.45, 7) is 2.94. The van der Waals surface area contributed by atoms with E-state index in [1.165, 1.54) is 11.6 Å². The number of methoxy groups -OCH3 is 1. The van der Waals surface area contributed by atoms with E-state index in [-0.39, 0.29) is 11.7 Å². The zero-order valence-electron chi connectivity index (χ0n) is 18.4. The van der Waals surface area contributed by atoms with Crippen molar-refractivity contribution in [3.05, 3.63) is 101 Å². The fourth-order valence-corrected chi connectivity index (χ4v) is 4.59. The summed E-state index contributed by atoms with van der Waals surface area (Å²) in [6.07, 6.45) is 1.54. The fourth-order valence-electron chi connectivity index (χ4n) is 4.59. The maximum Gasteiger partial charge on any atom is 0.255 e. The van der Waals surface area contributed by atoms with Crippen LogP contribution in [0.4, 0.5) is 4.39 Å². The summed E-state index contributed by atoms with van der Waals surface area (Å²) in [5.74, 6) is 0.114. The van der Waals surface area contributed by atoms with Crippen LogP contribution in [0.3, 0.4) is 0 Å². The summed E-state index contributed by atoms with van der Waals surface area (Å²) >= 11 is 0. The number of nitrogens with one attached hydrogen (secondary N) is 1. The van der Waals surface area contributed by atoms with Crippen LogP contribution >= 0.6 is 0 Å². The van der Waals surface area contributed by atoms with Crippen molar-refractivity contribution in [2.24, 2.45) is 0 Å². The highest BCUT2D eigenvalue weighted by Gasteiger charge is 2.38. The third-order valence-corrected chi connectivity index (χ3v) is 6.45. The summed E-state index contributed by atoms with van der Waals surface area (Å²) < 4.78 is 20.2. The average Bonchev–Trinajstić information content (AvgIpc) is 2.84. The summed E-state index contributed by atoms with van der Waals surface area (Å²) in [7, 11) is 1.55. The minimum Gasteiger partial charge on any atom is -0.496 e. The standard InChI is InChI=1S/C27H29FN2O2/c1-32-25-14-8-5-11-22(25)26(31)29-20-27(23-12-6-7-13-24(23)28)15-17-30(18-16-27)19-21-9-3-2-4-10-21/h2-14H,15-20H2,1H3,(H,29,31). The highest BCUT2D eigenvalue weighted by atomic mass is 19.1. The van der Waals surface area contributed by atoms with E-state index in [0.717, 1.165) is 32.5 Å². The minimum atomic E-state index is -0.448. The number of amides is 1. The highest BCUT2D eigenvalue weighted by molar-refractivity contribution is 5.96. The van der Waals surface area contributed by atoms with Crippen LogP contribution in [-0.4, -0.2) is 37.6 Å². The number of rotatable bonds is 7. The molecule has 1 aliphatic heterocycles. The van der Waals surface area contributed by atoms with Gasteiger partial charge in [0.05, 0.1) is 12.7 Å². The van der Waals surface area contributed by atoms with Crippen LogP contribution in [0.15, 0.2) is 78.9 Å². The molecule has 0 atom stereocenters. The molecule has 32 heavy (non-hydrogen) atoms. The van der Waals surface area contributed by atoms with Gasteiger partial charge in [-0.25, -0.2) is 4.39 Å². The molecule has 1 fully saturated rings. The van der Waals surface area contributed by atoms with E-state index >= 15 is 0 Å². The van der Waals surface area contributed by atoms with E-state index in [4.69, 9.17) is 4.74 Å². The first-order chi connectivity index (χ1) is 15.6. The number of carbonyl (C=O) groups excluding carboxylic acids is 1. The van der Waals surface area contributed by atoms with Crippen LogP contribution in [-0.2, 0) is 12.0 Å². The maximum absolute atomic E-state index is 14.9. The van der Waals surface area contributed by atoms with Crippen molar-refractivity contribution in [3.63, 3.8) is 0 Å². The zero-order valence-corrected chi connectivity index (χ0v) is 18.4. The molecule has 5 heteroatoms. The smallest absolute Gasteiger partial charge is 0.255 e. The minimum absolute atomic E-state index is 0.204. The van der Waals surface area contributed by atoms with Gasteiger partial charge in [-0.05, 0) is 55.3 Å². The van der Waals surface area contributed by atoms with Gasteiger partial charge in [0.1, 0.15) is 11.6 Å². The van der Waals surface area contributed by atoms with E-state index in [1.807, 2.05) is 30.3 Å². The van der Waals surface area contributed by atoms with Crippen LogP contribution in [0.5, 0.6) is 5.75 Å². The van der Waals surface area contributed by atoms with Gasteiger partial charge in [-0.15, -0.1) is 0 Å². The highest BCUT2D eigenvalue weighted by Crippen LogP contribution is 2.37. The number of para-hydroxylation sites is 1. The Labute approximate surface area is 189 Å². The molecule has 1 amide bonds. The van der Waals surface area contributed by atoms with Crippen molar-refractivity contribution in [2.45, 2.75) is 24.8 Å². The maximum atomic E-state index is 14.9. The molecule has 0 radical (unpaired) electrons. The SMILES string of the molecule is COc1ccccc1C(=O)NCC1(c2ccccc2F)CCN(Cc2ccccc2)CC1. The number of likely N-dealkylation sites (tertiary alicyclic amines) is 1. The number of hydrogen-bond donors (Lipinski definition) is 1. The molecule has 1 saturated heterocycles. The topological polar surface area (TPSA) is 41.6 Å². The van der Waals surface area contributed by atoms with E-state index in [9.17, 15) is 9.18 Å². The Bertz CT molecular complexity index is 1050. The van der Waals surface area contributed by atoms with E-state index < -0.39 is 5.41 Å². The van der Waals surface area contributed by atoms with Crippen LogP contribution in [0.2, 0.25) is 0 Å². The van der Waals surface area contributed by atoms with Crippen LogP contribution < -0.4 is 10.1 Å². The molecule has 0 aromatic heterocycles. The van der Waals surface area contributed by atoms with Gasteiger partial charge >= 0.3 is 0 Å². The molecule has 0 bridgehead atoms. The second-order valence-electron chi connectivity index (χ2n) is 8.40. The van der Waals surface area contributed by atoms with Gasteiger partial charge in [0.15, 0.2) is 0 Å². The number of hydrogen-bond acceptors (Lipinski definition) is 3. The molecule has 0 saturated carbocycles. The lowest BCUT2D eigenvalue weighted by Crippen LogP contribution is -2.49. The molecule has 1 N–H and O–H groups in total. The van der Waals surface area contributed by atoms with Gasteiger partial charge in [-0.2, -0.15) is 0 Å². The zero-order chi connectivity index (χ0) is 22.4. The quantitative estimate of drug-likeness (QED) is 0.583. The van der Waals surface area contributed by atoms with Crippen LogP contribution in [0.25, 0.3) is 0 Å². The van der Waals surface area contributed by atoms with Gasteiger partial charge in [0.2, 0.25) is 0 Å². The largest absolute Gasteiger partial charge is 0.496 e. The molecular formula is C27H29FN2O2. The first-order valence-electron chi connectivity index (χ1n) is 11.0. The molecule has 1 aliphatic rings. The van der Waals surface area contributed by atoms with E-state index in [1.54, 1.807) is 25.3 Å². The molecule has 4 nitrogen and oxygen atoms in total. The second kappa shape index (κ2) is 9.96. The Morgan fingerprint density at radius 2 is 1.62 bits per heavy atom. The molecule has 3 aromatic carbocycles. The Kier molecular flexibility index (Phi) is 6.86. The summed E-state index contributed by atoms with van der Waals surface area (Å²) in [5.41, 5.74) is 1.99. The fraction of sp³-hybridized carbons (Fsp3) is 0.296. The Morgan fingerprint density at radius 1 is 0.969 bits per heavy atom. The average molecular weight is 433 g/mol. The Balaban J connectivity index is 1.51. The lowest BCUT2D eigenvalue weighted by molar-refractivity contribution is 0.0914. The van der Waals surface area contributed by atoms with Crippen molar-refractivity contribution in [1.29, 1.82) is 0 Å². The number of carbonyl (C=O) groups is 1. The first-order valence-corrected chi connectivity index (χ1v) is 11.0. The molecule has 4 rings (SSSR count). The second-order valence-corrected chi connectivity index (χ2v) is 8.40. The van der Waals surface area contributed by atoms with Crippen molar-refractivity contribution >= 4 is 5.91 Å². The molecule has 1 heterocycles. The monoisotopic (exact) mass is 432 g/mol. The normalized spacial score (nSPS) is 15.8. The number of halogens is 1. The van der Waals surface area contributed by atoms with Gasteiger partial charge in [-0.3, -0.25) is 9.69 Å². The third-order valence-electron chi connectivity index (χ3n) is 6.45. The van der Waals surface area contributed by atoms with Gasteiger partial charge in [0, 0.05) is 18.5 Å². The van der Waals surface area contributed by atoms with Gasteiger partial charge in [-0.1, -0.05) is 60.7 Å². The van der Waals surface area contributed by atoms with Crippen LogP contribution in [0.1, 0.15) is 34.3 Å². The predicted octanol–water partition coefficient (Wildman–Crippen LogP) is 4.80. The third kappa shape index (κ3) is 4.83. The van der Waals surface area contributed by atoms with E-state index in [0.29, 0.717) is 23.4 Å². The van der Waals surface area contributed by atoms with E-state index in [2.05, 4.69) is 34.5 Å². The first kappa shape index (κ1) is 22.0. The number of nitrogens with zero attached hydrogens (tertiary/aromatic N) is 1. The van der Waals surface area contributed by atoms with Crippen molar-refractivity contribution < 1.29 is 13.9 Å². The predicted molar refractivity (Wildman–Crippen MR) is 124 cm³/mol. The van der Waals surface area contributed by atoms with Crippen LogP contribution in [0, 0.1) is 5.82 Å². The summed E-state index contributed by atoms with van der Waals surface area (Å²) in [5, 5.41) is 3.07. The molecular weight excluding hydrogens is 403 g/mol. The Morgan fingerprint density at radius 3 is 2.34 bits per heavy atom. The molecule has 0 aliphatic carbocycles. The van der Waals surface area contributed by atoms with Crippen molar-refractivity contribution in [3.8, 4) is 5.75 Å². The molecule has 166 valence electrons. The lowest BCUT2D eigenvalue weighted by Gasteiger charge is -2.42. The van der Waals surface area contributed by atoms with Crippen molar-refractivity contribution in [2.75, 3.05) is 26.7 Å². The molecule has 0 unspecified atom stereocenters. The van der Waals surface area contributed by atoms with Gasteiger partial charge < -0.3 is 10.1 Å². The molecule has 3 aromatic rings. The van der Waals surface area contributed by atoms with Crippen molar-refractivity contribution in [1.82, 2.24) is 10.2 Å². The lowest BCUT2D eigenvalue weighted by atomic mass is 9.72. The number of piperidine rings is 1. The summed E-state index contributed by atoms with van der Waals surface area (Å²) in [4.78, 5) is 15.3. The Hall–Kier alpha value is -3.18. The summed E-state index contributed by atoms with van der Waals surface area (Å²) in [6, 6.07) is 24.5. The molecule has 0 spiro atoms.